The average Bonchev–Trinajstić information content (AvgIpc) is 3.31. The van der Waals surface area contributed by atoms with Crippen LogP contribution in [0.2, 0.25) is 0 Å². The fraction of sp³-hybridized carbons (Fsp3) is 0.182. The lowest BCUT2D eigenvalue weighted by molar-refractivity contribution is -0.120. The van der Waals surface area contributed by atoms with Crippen LogP contribution in [0.1, 0.15) is 29.2 Å². The zero-order valence-corrected chi connectivity index (χ0v) is 14.2. The molecule has 4 heteroatoms. The summed E-state index contributed by atoms with van der Waals surface area (Å²) in [6.07, 6.45) is 11.5. The van der Waals surface area contributed by atoms with Crippen molar-refractivity contribution in [3.05, 3.63) is 84.1 Å². The molecule has 2 aromatic heterocycles. The van der Waals surface area contributed by atoms with Crippen molar-refractivity contribution in [3.63, 3.8) is 0 Å². The molecule has 1 aliphatic rings. The van der Waals surface area contributed by atoms with E-state index in [9.17, 15) is 4.79 Å². The topological polar surface area (TPSA) is 46.3 Å². The van der Waals surface area contributed by atoms with E-state index in [1.165, 1.54) is 0 Å². The van der Waals surface area contributed by atoms with Gasteiger partial charge in [-0.1, -0.05) is 12.0 Å². The van der Waals surface area contributed by atoms with Crippen molar-refractivity contribution < 1.29 is 9.21 Å². The molecule has 26 heavy (non-hydrogen) atoms. The third-order valence-electron chi connectivity index (χ3n) is 4.70. The van der Waals surface area contributed by atoms with Gasteiger partial charge in [-0.05, 0) is 54.4 Å². The normalized spacial score (nSPS) is 18.1. The monoisotopic (exact) mass is 342 g/mol. The van der Waals surface area contributed by atoms with E-state index in [1.807, 2.05) is 53.4 Å². The molecule has 2 atom stereocenters. The van der Waals surface area contributed by atoms with Gasteiger partial charge in [0.1, 0.15) is 5.76 Å². The third kappa shape index (κ3) is 3.25. The highest BCUT2D eigenvalue weighted by atomic mass is 16.3. The SMILES string of the molecule is C#Cc1cccc(N(Cc2ccncc2)C(=O)[C@H]2C[C@H]2c2ccco2)c1. The predicted octanol–water partition coefficient (Wildman–Crippen LogP) is 3.99. The van der Waals surface area contributed by atoms with Gasteiger partial charge in [-0.25, -0.2) is 0 Å². The van der Waals surface area contributed by atoms with Crippen LogP contribution < -0.4 is 4.90 Å². The quantitative estimate of drug-likeness (QED) is 0.659. The second-order valence-corrected chi connectivity index (χ2v) is 6.44. The molecule has 0 radical (unpaired) electrons. The number of pyridine rings is 1. The molecule has 1 saturated carbocycles. The number of rotatable bonds is 5. The number of aromatic nitrogens is 1. The zero-order valence-electron chi connectivity index (χ0n) is 14.2. The number of carbonyl (C=O) groups excluding carboxylic acids is 1. The highest BCUT2D eigenvalue weighted by Gasteiger charge is 2.47. The largest absolute Gasteiger partial charge is 0.469 e. The molecule has 2 heterocycles. The number of nitrogens with zero attached hydrogens (tertiary/aromatic N) is 2. The summed E-state index contributed by atoms with van der Waals surface area (Å²) in [4.78, 5) is 19.1. The van der Waals surface area contributed by atoms with Crippen molar-refractivity contribution in [2.75, 3.05) is 4.90 Å². The fourth-order valence-electron chi connectivity index (χ4n) is 3.22. The highest BCUT2D eigenvalue weighted by Crippen LogP contribution is 2.49. The molecule has 0 unspecified atom stereocenters. The summed E-state index contributed by atoms with van der Waals surface area (Å²) in [5.74, 6) is 3.71. The van der Waals surface area contributed by atoms with E-state index < -0.39 is 0 Å². The van der Waals surface area contributed by atoms with Crippen LogP contribution in [-0.2, 0) is 11.3 Å². The van der Waals surface area contributed by atoms with Crippen LogP contribution in [0.3, 0.4) is 0 Å². The van der Waals surface area contributed by atoms with Crippen molar-refractivity contribution in [2.24, 2.45) is 5.92 Å². The Balaban J connectivity index is 1.62. The molecule has 128 valence electrons. The molecule has 1 aromatic carbocycles. The number of hydrogen-bond donors (Lipinski definition) is 0. The van der Waals surface area contributed by atoms with E-state index in [4.69, 9.17) is 10.8 Å². The maximum atomic E-state index is 13.2. The van der Waals surface area contributed by atoms with Crippen LogP contribution in [0.5, 0.6) is 0 Å². The first kappa shape index (κ1) is 16.2. The molecule has 1 fully saturated rings. The van der Waals surface area contributed by atoms with Gasteiger partial charge < -0.3 is 9.32 Å². The summed E-state index contributed by atoms with van der Waals surface area (Å²) in [5.41, 5.74) is 2.59. The Labute approximate surface area is 152 Å². The number of benzene rings is 1. The Morgan fingerprint density at radius 1 is 1.23 bits per heavy atom. The lowest BCUT2D eigenvalue weighted by Gasteiger charge is -2.23. The molecule has 0 N–H and O–H groups in total. The maximum absolute atomic E-state index is 13.2. The van der Waals surface area contributed by atoms with Crippen LogP contribution in [0, 0.1) is 18.3 Å². The van der Waals surface area contributed by atoms with Crippen molar-refractivity contribution >= 4 is 11.6 Å². The van der Waals surface area contributed by atoms with E-state index in [0.717, 1.165) is 29.0 Å². The van der Waals surface area contributed by atoms with E-state index >= 15 is 0 Å². The van der Waals surface area contributed by atoms with E-state index in [0.29, 0.717) is 6.54 Å². The van der Waals surface area contributed by atoms with Gasteiger partial charge in [-0.3, -0.25) is 9.78 Å². The minimum Gasteiger partial charge on any atom is -0.469 e. The summed E-state index contributed by atoms with van der Waals surface area (Å²) >= 11 is 0. The second-order valence-electron chi connectivity index (χ2n) is 6.44. The first-order valence-corrected chi connectivity index (χ1v) is 8.56. The van der Waals surface area contributed by atoms with Gasteiger partial charge in [-0.15, -0.1) is 6.42 Å². The number of carbonyl (C=O) groups is 1. The van der Waals surface area contributed by atoms with Gasteiger partial charge in [-0.2, -0.15) is 0 Å². The Kier molecular flexibility index (Phi) is 4.28. The van der Waals surface area contributed by atoms with Gasteiger partial charge in [0.15, 0.2) is 0 Å². The van der Waals surface area contributed by atoms with Crippen molar-refractivity contribution in [3.8, 4) is 12.3 Å². The Morgan fingerprint density at radius 2 is 2.08 bits per heavy atom. The minimum absolute atomic E-state index is 0.0579. The molecule has 4 nitrogen and oxygen atoms in total. The Morgan fingerprint density at radius 3 is 2.81 bits per heavy atom. The molecule has 0 bridgehead atoms. The number of anilines is 1. The van der Waals surface area contributed by atoms with E-state index in [1.54, 1.807) is 18.7 Å². The molecule has 0 saturated heterocycles. The molecule has 1 amide bonds. The minimum atomic E-state index is -0.0579. The molecule has 0 aliphatic heterocycles. The zero-order chi connectivity index (χ0) is 17.9. The van der Waals surface area contributed by atoms with Crippen LogP contribution >= 0.6 is 0 Å². The number of amides is 1. The lowest BCUT2D eigenvalue weighted by atomic mass is 10.1. The van der Waals surface area contributed by atoms with Gasteiger partial charge in [0, 0.05) is 35.5 Å². The summed E-state index contributed by atoms with van der Waals surface area (Å²) in [6.45, 7) is 0.483. The smallest absolute Gasteiger partial charge is 0.231 e. The summed E-state index contributed by atoms with van der Waals surface area (Å²) in [7, 11) is 0. The lowest BCUT2D eigenvalue weighted by Crippen LogP contribution is -2.32. The summed E-state index contributed by atoms with van der Waals surface area (Å²) in [6, 6.07) is 15.2. The van der Waals surface area contributed by atoms with Gasteiger partial charge in [0.25, 0.3) is 0 Å². The van der Waals surface area contributed by atoms with Crippen molar-refractivity contribution in [1.82, 2.24) is 4.98 Å². The van der Waals surface area contributed by atoms with Crippen LogP contribution in [0.4, 0.5) is 5.69 Å². The number of hydrogen-bond acceptors (Lipinski definition) is 3. The third-order valence-corrected chi connectivity index (χ3v) is 4.70. The van der Waals surface area contributed by atoms with Crippen LogP contribution in [-0.4, -0.2) is 10.9 Å². The molecule has 1 aliphatic carbocycles. The van der Waals surface area contributed by atoms with Gasteiger partial charge in [0.05, 0.1) is 12.8 Å². The Hall–Kier alpha value is -3.32. The molecule has 3 aromatic rings. The van der Waals surface area contributed by atoms with E-state index in [-0.39, 0.29) is 17.7 Å². The first-order chi connectivity index (χ1) is 12.8. The standard InChI is InChI=1S/C22H18N2O2/c1-2-16-5-3-6-18(13-16)24(15-17-8-10-23-11-9-17)22(25)20-14-19(20)21-7-4-12-26-21/h1,3-13,19-20H,14-15H2/t19-,20+/m1/s1. The molecule has 4 rings (SSSR count). The maximum Gasteiger partial charge on any atom is 0.231 e. The predicted molar refractivity (Wildman–Crippen MR) is 99.4 cm³/mol. The van der Waals surface area contributed by atoms with E-state index in [2.05, 4.69) is 10.9 Å². The Bertz CT molecular complexity index is 942. The second kappa shape index (κ2) is 6.89. The summed E-state index contributed by atoms with van der Waals surface area (Å²) < 4.78 is 5.47. The summed E-state index contributed by atoms with van der Waals surface area (Å²) in [5, 5.41) is 0. The van der Waals surface area contributed by atoms with Crippen molar-refractivity contribution in [2.45, 2.75) is 18.9 Å². The highest BCUT2D eigenvalue weighted by molar-refractivity contribution is 5.97. The first-order valence-electron chi connectivity index (χ1n) is 8.56. The van der Waals surface area contributed by atoms with Crippen LogP contribution in [0.25, 0.3) is 0 Å². The number of furan rings is 1. The number of terminal acetylenes is 1. The average molecular weight is 342 g/mol. The molecular weight excluding hydrogens is 324 g/mol. The van der Waals surface area contributed by atoms with Gasteiger partial charge in [0.2, 0.25) is 5.91 Å². The van der Waals surface area contributed by atoms with Crippen LogP contribution in [0.15, 0.2) is 71.6 Å². The fourth-order valence-corrected chi connectivity index (χ4v) is 3.22. The molecule has 0 spiro atoms. The molecular formula is C22H18N2O2. The van der Waals surface area contributed by atoms with Crippen molar-refractivity contribution in [1.29, 1.82) is 0 Å². The van der Waals surface area contributed by atoms with Gasteiger partial charge >= 0.3 is 0 Å².